The van der Waals surface area contributed by atoms with Crippen molar-refractivity contribution in [1.82, 2.24) is 0 Å². The Morgan fingerprint density at radius 1 is 0.562 bits per heavy atom. The molecule has 0 heterocycles. The standard InChI is InChI=1S/C26H55O2PS2.Mo/c1-3-5-7-9-11-13-15-17-19-21-23-25-28-29(27,30)31-26-24-22-20-18-16-14-12-10-8-6-4-2;/h3-26H2,1-2H3,(H,27,30);/p-1. The Morgan fingerprint density at radius 3 is 1.25 bits per heavy atom. The first-order chi connectivity index (χ1) is 15.1. The molecule has 0 aromatic rings. The average molecular weight is 590 g/mol. The van der Waals surface area contributed by atoms with Crippen LogP contribution in [0.5, 0.6) is 0 Å². The normalized spacial score (nSPS) is 13.1. The maximum Gasteiger partial charge on any atom is 0.0513 e. The molecule has 0 aliphatic heterocycles. The van der Waals surface area contributed by atoms with Crippen molar-refractivity contribution in [2.45, 2.75) is 155 Å². The molecule has 0 N–H and O–H groups in total. The molecule has 0 amide bonds. The van der Waals surface area contributed by atoms with Crippen molar-refractivity contribution in [3.8, 4) is 0 Å². The van der Waals surface area contributed by atoms with Crippen LogP contribution >= 0.6 is 17.1 Å². The van der Waals surface area contributed by atoms with Gasteiger partial charge in [0, 0.05) is 26.8 Å². The van der Waals surface area contributed by atoms with E-state index < -0.39 is 5.69 Å². The molecule has 0 rings (SSSR count). The topological polar surface area (TPSA) is 32.3 Å². The largest absolute Gasteiger partial charge is 0.793 e. The summed E-state index contributed by atoms with van der Waals surface area (Å²) in [5.41, 5.74) is -2.85. The van der Waals surface area contributed by atoms with Crippen molar-refractivity contribution in [2.75, 3.05) is 12.4 Å². The Balaban J connectivity index is 0. The summed E-state index contributed by atoms with van der Waals surface area (Å²) in [5.74, 6) is 0.885. The van der Waals surface area contributed by atoms with Gasteiger partial charge in [0.25, 0.3) is 0 Å². The number of unbranched alkanes of at least 4 members (excludes halogenated alkanes) is 20. The summed E-state index contributed by atoms with van der Waals surface area (Å²) in [5, 5.41) is 0. The quantitative estimate of drug-likeness (QED) is 0.0571. The summed E-state index contributed by atoms with van der Waals surface area (Å²) in [6.07, 6.45) is 29.2. The number of rotatable bonds is 26. The zero-order valence-electron chi connectivity index (χ0n) is 21.5. The summed E-state index contributed by atoms with van der Waals surface area (Å²) in [6.45, 7) is 5.12. The minimum absolute atomic E-state index is 0. The summed E-state index contributed by atoms with van der Waals surface area (Å²) in [7, 11) is 0. The predicted octanol–water partition coefficient (Wildman–Crippen LogP) is 9.94. The van der Waals surface area contributed by atoms with Gasteiger partial charge in [-0.05, 0) is 18.6 Å². The van der Waals surface area contributed by atoms with Gasteiger partial charge >= 0.3 is 0 Å². The second kappa shape index (κ2) is 28.8. The van der Waals surface area contributed by atoms with Crippen molar-refractivity contribution >= 4 is 28.9 Å². The van der Waals surface area contributed by atoms with Crippen LogP contribution in [-0.4, -0.2) is 12.4 Å². The van der Waals surface area contributed by atoms with Gasteiger partial charge in [0.2, 0.25) is 0 Å². The molecule has 32 heavy (non-hydrogen) atoms. The second-order valence-electron chi connectivity index (χ2n) is 9.18. The first-order valence-electron chi connectivity index (χ1n) is 13.7. The van der Waals surface area contributed by atoms with Gasteiger partial charge in [-0.1, -0.05) is 154 Å². The molecular weight excluding hydrogens is 535 g/mol. The summed E-state index contributed by atoms with van der Waals surface area (Å²) >= 11 is 6.59. The van der Waals surface area contributed by atoms with E-state index >= 15 is 0 Å². The first kappa shape index (κ1) is 35.8. The molecule has 0 aromatic heterocycles. The minimum atomic E-state index is -2.85. The van der Waals surface area contributed by atoms with Crippen LogP contribution in [0.15, 0.2) is 0 Å². The first-order valence-corrected chi connectivity index (χ1v) is 18.0. The van der Waals surface area contributed by atoms with E-state index in [4.69, 9.17) is 16.3 Å². The Hall–Kier alpha value is 1.61. The fourth-order valence-corrected chi connectivity index (χ4v) is 7.31. The fraction of sp³-hybridized carbons (Fsp3) is 1.00. The Bertz CT molecular complexity index is 368. The van der Waals surface area contributed by atoms with Crippen molar-refractivity contribution in [2.24, 2.45) is 0 Å². The van der Waals surface area contributed by atoms with Crippen LogP contribution in [0.3, 0.4) is 0 Å². The molecule has 1 unspecified atom stereocenters. The molecule has 2 nitrogen and oxygen atoms in total. The molecule has 0 aliphatic carbocycles. The SMILES string of the molecule is CCCCCCCCCCCCCOP([O-])(=S)SCCCCCCCCCCCCC.[Mo]. The Morgan fingerprint density at radius 2 is 0.875 bits per heavy atom. The fourth-order valence-electron chi connectivity index (χ4n) is 3.92. The maximum absolute atomic E-state index is 12.3. The van der Waals surface area contributed by atoms with Gasteiger partial charge in [-0.25, -0.2) is 0 Å². The molecule has 1 atom stereocenters. The van der Waals surface area contributed by atoms with Crippen molar-refractivity contribution < 1.29 is 30.5 Å². The molecule has 0 bridgehead atoms. The van der Waals surface area contributed by atoms with Gasteiger partial charge in [0.05, 0.1) is 6.61 Å². The van der Waals surface area contributed by atoms with Gasteiger partial charge in [-0.15, -0.1) is 11.4 Å². The molecule has 0 fully saturated rings. The molecule has 0 aliphatic rings. The number of hydrogen-bond donors (Lipinski definition) is 0. The van der Waals surface area contributed by atoms with Gasteiger partial charge in [0.15, 0.2) is 0 Å². The second-order valence-corrected chi connectivity index (χ2v) is 15.4. The van der Waals surface area contributed by atoms with Crippen LogP contribution in [-0.2, 0) is 37.4 Å². The Labute approximate surface area is 225 Å². The summed E-state index contributed by atoms with van der Waals surface area (Å²) in [6, 6.07) is 0. The third-order valence-electron chi connectivity index (χ3n) is 5.99. The molecular formula is C26H54MoO2PS2-. The van der Waals surface area contributed by atoms with Crippen LogP contribution < -0.4 is 4.89 Å². The zero-order valence-corrected chi connectivity index (χ0v) is 26.0. The van der Waals surface area contributed by atoms with E-state index in [9.17, 15) is 4.89 Å². The van der Waals surface area contributed by atoms with E-state index in [1.54, 1.807) is 0 Å². The van der Waals surface area contributed by atoms with Gasteiger partial charge < -0.3 is 9.42 Å². The smallest absolute Gasteiger partial charge is 0.0513 e. The molecule has 6 heteroatoms. The minimum Gasteiger partial charge on any atom is -0.793 e. The molecule has 194 valence electrons. The Kier molecular flexibility index (Phi) is 32.2. The predicted molar refractivity (Wildman–Crippen MR) is 146 cm³/mol. The average Bonchev–Trinajstić information content (AvgIpc) is 2.75. The molecule has 0 radical (unpaired) electrons. The van der Waals surface area contributed by atoms with Gasteiger partial charge in [-0.2, -0.15) is 0 Å². The van der Waals surface area contributed by atoms with Crippen LogP contribution in [0.1, 0.15) is 155 Å². The van der Waals surface area contributed by atoms with Crippen LogP contribution in [0, 0.1) is 0 Å². The van der Waals surface area contributed by atoms with Crippen molar-refractivity contribution in [1.29, 1.82) is 0 Å². The third kappa shape index (κ3) is 29.6. The van der Waals surface area contributed by atoms with E-state index in [2.05, 4.69) is 13.8 Å². The molecule has 0 spiro atoms. The van der Waals surface area contributed by atoms with Crippen LogP contribution in [0.25, 0.3) is 0 Å². The van der Waals surface area contributed by atoms with Crippen molar-refractivity contribution in [3.05, 3.63) is 0 Å². The molecule has 0 saturated carbocycles. The summed E-state index contributed by atoms with van der Waals surface area (Å²) in [4.78, 5) is 12.3. The van der Waals surface area contributed by atoms with Crippen LogP contribution in [0.4, 0.5) is 0 Å². The van der Waals surface area contributed by atoms with E-state index in [0.29, 0.717) is 6.61 Å². The van der Waals surface area contributed by atoms with E-state index in [0.717, 1.165) is 18.6 Å². The monoisotopic (exact) mass is 591 g/mol. The molecule has 0 aromatic carbocycles. The van der Waals surface area contributed by atoms with E-state index in [-0.39, 0.29) is 21.1 Å². The van der Waals surface area contributed by atoms with Gasteiger partial charge in [-0.3, -0.25) is 0 Å². The van der Waals surface area contributed by atoms with Crippen LogP contribution in [0.2, 0.25) is 0 Å². The van der Waals surface area contributed by atoms with E-state index in [1.807, 2.05) is 0 Å². The van der Waals surface area contributed by atoms with E-state index in [1.165, 1.54) is 140 Å². The maximum atomic E-state index is 12.3. The molecule has 0 saturated heterocycles. The number of hydrogen-bond acceptors (Lipinski definition) is 4. The van der Waals surface area contributed by atoms with Crippen molar-refractivity contribution in [3.63, 3.8) is 0 Å². The van der Waals surface area contributed by atoms with Gasteiger partial charge in [0.1, 0.15) is 0 Å². The third-order valence-corrected chi connectivity index (χ3v) is 10.4. The zero-order chi connectivity index (χ0) is 22.9. The summed E-state index contributed by atoms with van der Waals surface area (Å²) < 4.78 is 5.55.